The van der Waals surface area contributed by atoms with Crippen molar-refractivity contribution in [1.82, 2.24) is 9.80 Å². The Morgan fingerprint density at radius 1 is 1.25 bits per heavy atom. The fourth-order valence-corrected chi connectivity index (χ4v) is 2.35. The van der Waals surface area contributed by atoms with Crippen molar-refractivity contribution in [2.75, 3.05) is 45.9 Å². The molecule has 1 atom stereocenters. The lowest BCUT2D eigenvalue weighted by Gasteiger charge is -2.36. The van der Waals surface area contributed by atoms with Crippen LogP contribution in [-0.2, 0) is 9.53 Å². The predicted octanol–water partition coefficient (Wildman–Crippen LogP) is 0.964. The van der Waals surface area contributed by atoms with Gasteiger partial charge in [-0.25, -0.2) is 0 Å². The molecule has 1 amide bonds. The van der Waals surface area contributed by atoms with Crippen molar-refractivity contribution in [3.63, 3.8) is 0 Å². The highest BCUT2D eigenvalue weighted by Crippen LogP contribution is 2.20. The number of nitrogens with zero attached hydrogens (tertiary/aromatic N) is 2. The second-order valence-corrected chi connectivity index (χ2v) is 6.73. The van der Waals surface area contributed by atoms with E-state index in [1.165, 1.54) is 0 Å². The largest absolute Gasteiger partial charge is 0.389 e. The number of aliphatic hydroxyl groups excluding tert-OH is 1. The van der Waals surface area contributed by atoms with Gasteiger partial charge in [-0.15, -0.1) is 0 Å². The quantitative estimate of drug-likeness (QED) is 0.790. The molecule has 0 spiro atoms. The summed E-state index contributed by atoms with van der Waals surface area (Å²) >= 11 is 0. The first-order valence-electron chi connectivity index (χ1n) is 7.58. The maximum absolute atomic E-state index is 12.1. The van der Waals surface area contributed by atoms with Gasteiger partial charge in [-0.05, 0) is 12.3 Å². The van der Waals surface area contributed by atoms with E-state index in [-0.39, 0.29) is 11.3 Å². The van der Waals surface area contributed by atoms with Crippen LogP contribution in [0.15, 0.2) is 0 Å². The van der Waals surface area contributed by atoms with Gasteiger partial charge in [0.05, 0.1) is 12.7 Å². The number of ether oxygens (including phenoxy) is 1. The molecule has 5 heteroatoms. The molecule has 1 rings (SSSR count). The summed E-state index contributed by atoms with van der Waals surface area (Å²) in [6, 6.07) is 0. The molecule has 1 aliphatic heterocycles. The third-order valence-corrected chi connectivity index (χ3v) is 3.39. The zero-order chi connectivity index (χ0) is 15.2. The molecule has 1 saturated heterocycles. The van der Waals surface area contributed by atoms with Gasteiger partial charge in [-0.1, -0.05) is 20.8 Å². The number of β-amino-alcohol motifs (C(OH)–C–C–N with tert-alkyl or cyclic N) is 1. The lowest BCUT2D eigenvalue weighted by molar-refractivity contribution is -0.135. The molecule has 118 valence electrons. The predicted molar refractivity (Wildman–Crippen MR) is 79.6 cm³/mol. The van der Waals surface area contributed by atoms with Crippen molar-refractivity contribution in [1.29, 1.82) is 0 Å². The van der Waals surface area contributed by atoms with Gasteiger partial charge in [0, 0.05) is 45.8 Å². The molecule has 0 bridgehead atoms. The average Bonchev–Trinajstić information content (AvgIpc) is 2.35. The van der Waals surface area contributed by atoms with E-state index in [9.17, 15) is 9.90 Å². The minimum atomic E-state index is -0.438. The zero-order valence-corrected chi connectivity index (χ0v) is 13.4. The molecule has 1 fully saturated rings. The Labute approximate surface area is 122 Å². The van der Waals surface area contributed by atoms with E-state index in [4.69, 9.17) is 4.74 Å². The summed E-state index contributed by atoms with van der Waals surface area (Å²) in [5.41, 5.74) is 0.0436. The van der Waals surface area contributed by atoms with Gasteiger partial charge < -0.3 is 14.7 Å². The van der Waals surface area contributed by atoms with Crippen molar-refractivity contribution < 1.29 is 14.6 Å². The second kappa shape index (κ2) is 7.96. The highest BCUT2D eigenvalue weighted by Gasteiger charge is 2.25. The summed E-state index contributed by atoms with van der Waals surface area (Å²) in [7, 11) is 0. The second-order valence-electron chi connectivity index (χ2n) is 6.73. The van der Waals surface area contributed by atoms with Crippen molar-refractivity contribution >= 4 is 5.91 Å². The highest BCUT2D eigenvalue weighted by molar-refractivity contribution is 5.76. The van der Waals surface area contributed by atoms with Gasteiger partial charge in [0.15, 0.2) is 0 Å². The van der Waals surface area contributed by atoms with E-state index in [0.29, 0.717) is 26.2 Å². The van der Waals surface area contributed by atoms with E-state index in [1.54, 1.807) is 0 Å². The number of aliphatic hydroxyl groups is 1. The van der Waals surface area contributed by atoms with Crippen molar-refractivity contribution in [2.45, 2.75) is 40.2 Å². The number of carbonyl (C=O) groups is 1. The minimum Gasteiger partial charge on any atom is -0.389 e. The molecule has 0 aromatic carbocycles. The molecule has 1 aliphatic rings. The molecule has 1 N–H and O–H groups in total. The summed E-state index contributed by atoms with van der Waals surface area (Å²) in [4.78, 5) is 16.3. The fraction of sp³-hybridized carbons (Fsp3) is 0.933. The number of rotatable bonds is 6. The van der Waals surface area contributed by atoms with Crippen LogP contribution in [0.2, 0.25) is 0 Å². The smallest absolute Gasteiger partial charge is 0.223 e. The maximum atomic E-state index is 12.1. The van der Waals surface area contributed by atoms with Crippen LogP contribution in [0.5, 0.6) is 0 Å². The minimum absolute atomic E-state index is 0.0436. The Hall–Kier alpha value is -0.650. The van der Waals surface area contributed by atoms with E-state index in [2.05, 4.69) is 25.7 Å². The lowest BCUT2D eigenvalue weighted by Crippen LogP contribution is -2.51. The average molecular weight is 286 g/mol. The maximum Gasteiger partial charge on any atom is 0.223 e. The van der Waals surface area contributed by atoms with E-state index in [0.717, 1.165) is 26.2 Å². The Bertz CT molecular complexity index is 294. The first kappa shape index (κ1) is 17.4. The molecular formula is C15H30N2O3. The fourth-order valence-electron chi connectivity index (χ4n) is 2.35. The number of piperazine rings is 1. The van der Waals surface area contributed by atoms with E-state index >= 15 is 0 Å². The van der Waals surface area contributed by atoms with Gasteiger partial charge in [0.25, 0.3) is 0 Å². The van der Waals surface area contributed by atoms with Gasteiger partial charge in [-0.3, -0.25) is 9.69 Å². The van der Waals surface area contributed by atoms with Crippen LogP contribution in [0.25, 0.3) is 0 Å². The molecule has 1 heterocycles. The number of carbonyl (C=O) groups excluding carboxylic acids is 1. The topological polar surface area (TPSA) is 53.0 Å². The Balaban J connectivity index is 2.27. The Kier molecular flexibility index (Phi) is 6.92. The molecule has 0 aromatic rings. The van der Waals surface area contributed by atoms with E-state index < -0.39 is 6.10 Å². The molecule has 0 aliphatic carbocycles. The molecule has 0 saturated carbocycles. The van der Waals surface area contributed by atoms with Crippen LogP contribution in [0, 0.1) is 5.41 Å². The lowest BCUT2D eigenvalue weighted by atomic mass is 9.91. The van der Waals surface area contributed by atoms with Crippen LogP contribution in [0.1, 0.15) is 34.1 Å². The third kappa shape index (κ3) is 6.68. The van der Waals surface area contributed by atoms with Crippen molar-refractivity contribution in [3.8, 4) is 0 Å². The van der Waals surface area contributed by atoms with Crippen molar-refractivity contribution in [3.05, 3.63) is 0 Å². The SMILES string of the molecule is CCOCC(O)CN1CCN(C(=O)CC(C)(C)C)CC1. The first-order chi connectivity index (χ1) is 9.31. The van der Waals surface area contributed by atoms with E-state index in [1.807, 2.05) is 11.8 Å². The third-order valence-electron chi connectivity index (χ3n) is 3.39. The van der Waals surface area contributed by atoms with Gasteiger partial charge >= 0.3 is 0 Å². The normalized spacial score (nSPS) is 19.1. The van der Waals surface area contributed by atoms with Gasteiger partial charge in [0.2, 0.25) is 5.91 Å². The molecule has 20 heavy (non-hydrogen) atoms. The monoisotopic (exact) mass is 286 g/mol. The highest BCUT2D eigenvalue weighted by atomic mass is 16.5. The molecule has 5 nitrogen and oxygen atoms in total. The van der Waals surface area contributed by atoms with Gasteiger partial charge in [-0.2, -0.15) is 0 Å². The standard InChI is InChI=1S/C15H30N2O3/c1-5-20-12-13(18)11-16-6-8-17(9-7-16)14(19)10-15(2,3)4/h13,18H,5-12H2,1-4H3. The van der Waals surface area contributed by atoms with Crippen molar-refractivity contribution in [2.24, 2.45) is 5.41 Å². The molecule has 0 aromatic heterocycles. The number of hydrogen-bond donors (Lipinski definition) is 1. The Morgan fingerprint density at radius 2 is 1.85 bits per heavy atom. The Morgan fingerprint density at radius 3 is 2.35 bits per heavy atom. The summed E-state index contributed by atoms with van der Waals surface area (Å²) in [6.07, 6.45) is 0.159. The zero-order valence-electron chi connectivity index (χ0n) is 13.4. The number of hydrogen-bond acceptors (Lipinski definition) is 4. The van der Waals surface area contributed by atoms with Crippen LogP contribution in [0.4, 0.5) is 0 Å². The number of amides is 1. The molecule has 0 radical (unpaired) electrons. The van der Waals surface area contributed by atoms with Gasteiger partial charge in [0.1, 0.15) is 0 Å². The van der Waals surface area contributed by atoms with Crippen LogP contribution in [-0.4, -0.2) is 72.9 Å². The van der Waals surface area contributed by atoms with Crippen LogP contribution < -0.4 is 0 Å². The summed E-state index contributed by atoms with van der Waals surface area (Å²) in [5, 5.41) is 9.81. The molecular weight excluding hydrogens is 256 g/mol. The first-order valence-corrected chi connectivity index (χ1v) is 7.58. The summed E-state index contributed by atoms with van der Waals surface area (Å²) < 4.78 is 5.21. The van der Waals surface area contributed by atoms with Crippen LogP contribution >= 0.6 is 0 Å². The van der Waals surface area contributed by atoms with Crippen LogP contribution in [0.3, 0.4) is 0 Å². The summed E-state index contributed by atoms with van der Waals surface area (Å²) in [6.45, 7) is 13.0. The summed E-state index contributed by atoms with van der Waals surface area (Å²) in [5.74, 6) is 0.243. The molecule has 1 unspecified atom stereocenters.